The molecule has 0 atom stereocenters. The summed E-state index contributed by atoms with van der Waals surface area (Å²) >= 11 is 0. The predicted octanol–water partition coefficient (Wildman–Crippen LogP) is 3.30. The Morgan fingerprint density at radius 1 is 1.16 bits per heavy atom. The lowest BCUT2D eigenvalue weighted by molar-refractivity contribution is 0.198. The van der Waals surface area contributed by atoms with Crippen LogP contribution in [0.15, 0.2) is 47.5 Å². The van der Waals surface area contributed by atoms with Gasteiger partial charge in [0, 0.05) is 38.8 Å². The molecule has 1 heterocycles. The van der Waals surface area contributed by atoms with Crippen molar-refractivity contribution in [2.45, 2.75) is 38.8 Å². The van der Waals surface area contributed by atoms with Gasteiger partial charge in [0.2, 0.25) is 0 Å². The van der Waals surface area contributed by atoms with E-state index < -0.39 is 0 Å². The van der Waals surface area contributed by atoms with E-state index in [9.17, 15) is 9.50 Å². The van der Waals surface area contributed by atoms with Crippen molar-refractivity contribution >= 4 is 5.96 Å². The molecule has 3 rings (SSSR count). The van der Waals surface area contributed by atoms with E-state index in [1.807, 2.05) is 24.3 Å². The van der Waals surface area contributed by atoms with E-state index in [1.54, 1.807) is 13.2 Å². The molecule has 168 valence electrons. The zero-order chi connectivity index (χ0) is 22.1. The van der Waals surface area contributed by atoms with Crippen LogP contribution in [-0.4, -0.2) is 55.3 Å². The Morgan fingerprint density at radius 2 is 1.87 bits per heavy atom. The second-order valence-electron chi connectivity index (χ2n) is 7.84. The first-order chi connectivity index (χ1) is 15.1. The zero-order valence-corrected chi connectivity index (χ0v) is 18.4. The van der Waals surface area contributed by atoms with Crippen molar-refractivity contribution in [1.82, 2.24) is 15.5 Å². The summed E-state index contributed by atoms with van der Waals surface area (Å²) in [7, 11) is 1.55. The highest BCUT2D eigenvalue weighted by molar-refractivity contribution is 5.80. The molecule has 0 radical (unpaired) electrons. The number of likely N-dealkylation sites (tertiary alicyclic amines) is 1. The third-order valence-corrected chi connectivity index (χ3v) is 5.51. The van der Waals surface area contributed by atoms with Crippen LogP contribution >= 0.6 is 0 Å². The van der Waals surface area contributed by atoms with Gasteiger partial charge in [-0.25, -0.2) is 4.39 Å². The van der Waals surface area contributed by atoms with Crippen LogP contribution in [0.3, 0.4) is 0 Å². The van der Waals surface area contributed by atoms with Crippen LogP contribution in [0, 0.1) is 5.82 Å². The van der Waals surface area contributed by atoms with Gasteiger partial charge in [0.05, 0.1) is 7.11 Å². The molecule has 0 saturated carbocycles. The molecule has 0 bridgehead atoms. The maximum Gasteiger partial charge on any atom is 0.191 e. The van der Waals surface area contributed by atoms with Gasteiger partial charge < -0.3 is 20.5 Å². The fraction of sp³-hybridized carbons (Fsp3) is 0.458. The van der Waals surface area contributed by atoms with E-state index in [4.69, 9.17) is 9.73 Å². The highest BCUT2D eigenvalue weighted by atomic mass is 19.1. The van der Waals surface area contributed by atoms with Crippen molar-refractivity contribution in [3.8, 4) is 11.5 Å². The lowest BCUT2D eigenvalue weighted by Crippen LogP contribution is -2.48. The molecule has 0 spiro atoms. The summed E-state index contributed by atoms with van der Waals surface area (Å²) in [5.41, 5.74) is 2.22. The minimum Gasteiger partial charge on any atom is -0.504 e. The minimum absolute atomic E-state index is 0.149. The number of nitrogens with zero attached hydrogens (tertiary/aromatic N) is 2. The standard InChI is InChI=1S/C24H33FN4O2/c1-3-26-24(27-13-10-18-6-9-22(30)23(16-18)31-2)28-21-11-14-29(15-12-21)17-19-4-7-20(25)8-5-19/h4-9,16,21,30H,3,10-15,17H2,1-2H3,(H2,26,27,28). The zero-order valence-electron chi connectivity index (χ0n) is 18.4. The summed E-state index contributed by atoms with van der Waals surface area (Å²) in [6.07, 6.45) is 2.85. The Balaban J connectivity index is 1.47. The number of guanidine groups is 1. The number of phenolic OH excluding ortho intramolecular Hbond substituents is 1. The third-order valence-electron chi connectivity index (χ3n) is 5.51. The van der Waals surface area contributed by atoms with Gasteiger partial charge in [0.15, 0.2) is 17.5 Å². The van der Waals surface area contributed by atoms with E-state index in [2.05, 4.69) is 22.5 Å². The van der Waals surface area contributed by atoms with Crippen LogP contribution in [0.5, 0.6) is 11.5 Å². The van der Waals surface area contributed by atoms with E-state index in [-0.39, 0.29) is 11.6 Å². The van der Waals surface area contributed by atoms with Crippen molar-refractivity contribution in [2.24, 2.45) is 4.99 Å². The summed E-state index contributed by atoms with van der Waals surface area (Å²) in [4.78, 5) is 7.13. The summed E-state index contributed by atoms with van der Waals surface area (Å²) in [5, 5.41) is 16.6. The minimum atomic E-state index is -0.188. The van der Waals surface area contributed by atoms with Crippen molar-refractivity contribution in [2.75, 3.05) is 33.3 Å². The van der Waals surface area contributed by atoms with Gasteiger partial charge in [0.25, 0.3) is 0 Å². The summed E-state index contributed by atoms with van der Waals surface area (Å²) < 4.78 is 18.3. The van der Waals surface area contributed by atoms with Crippen LogP contribution in [0.25, 0.3) is 0 Å². The summed E-state index contributed by atoms with van der Waals surface area (Å²) in [6, 6.07) is 12.6. The highest BCUT2D eigenvalue weighted by Gasteiger charge is 2.20. The Morgan fingerprint density at radius 3 is 2.55 bits per heavy atom. The summed E-state index contributed by atoms with van der Waals surface area (Å²) in [6.45, 7) is 6.38. The molecule has 0 aliphatic carbocycles. The van der Waals surface area contributed by atoms with Crippen molar-refractivity contribution < 1.29 is 14.2 Å². The van der Waals surface area contributed by atoms with Crippen molar-refractivity contribution in [1.29, 1.82) is 0 Å². The number of hydrogen-bond donors (Lipinski definition) is 3. The Bertz CT molecular complexity index is 849. The van der Waals surface area contributed by atoms with Crippen LogP contribution in [0.1, 0.15) is 30.9 Å². The average molecular weight is 429 g/mol. The number of nitrogens with one attached hydrogen (secondary N) is 2. The molecule has 0 amide bonds. The number of aliphatic imine (C=N–C) groups is 1. The van der Waals surface area contributed by atoms with Gasteiger partial charge in [-0.15, -0.1) is 0 Å². The lowest BCUT2D eigenvalue weighted by atomic mass is 10.0. The molecule has 0 unspecified atom stereocenters. The van der Waals surface area contributed by atoms with Gasteiger partial charge in [-0.3, -0.25) is 9.89 Å². The fourth-order valence-corrected chi connectivity index (χ4v) is 3.77. The Labute approximate surface area is 184 Å². The first-order valence-electron chi connectivity index (χ1n) is 10.9. The van der Waals surface area contributed by atoms with E-state index in [0.29, 0.717) is 18.3 Å². The number of rotatable bonds is 8. The number of aromatic hydroxyl groups is 1. The number of phenols is 1. The van der Waals surface area contributed by atoms with E-state index in [0.717, 1.165) is 62.5 Å². The largest absolute Gasteiger partial charge is 0.504 e. The maximum absolute atomic E-state index is 13.1. The molecule has 31 heavy (non-hydrogen) atoms. The van der Waals surface area contributed by atoms with Crippen LogP contribution in [0.2, 0.25) is 0 Å². The lowest BCUT2D eigenvalue weighted by Gasteiger charge is -2.33. The van der Waals surface area contributed by atoms with E-state index in [1.165, 1.54) is 12.1 Å². The number of methoxy groups -OCH3 is 1. The average Bonchev–Trinajstić information content (AvgIpc) is 2.78. The third kappa shape index (κ3) is 7.14. The molecular formula is C24H33FN4O2. The molecule has 1 saturated heterocycles. The number of piperidine rings is 1. The van der Waals surface area contributed by atoms with Crippen molar-refractivity contribution in [3.05, 3.63) is 59.4 Å². The normalized spacial score (nSPS) is 15.6. The Hall–Kier alpha value is -2.80. The SMILES string of the molecule is CCNC(=NCCc1ccc(O)c(OC)c1)NC1CCN(Cc2ccc(F)cc2)CC1. The van der Waals surface area contributed by atoms with Gasteiger partial charge in [-0.1, -0.05) is 18.2 Å². The van der Waals surface area contributed by atoms with E-state index >= 15 is 0 Å². The fourth-order valence-electron chi connectivity index (χ4n) is 3.77. The van der Waals surface area contributed by atoms with Crippen LogP contribution in [-0.2, 0) is 13.0 Å². The first-order valence-corrected chi connectivity index (χ1v) is 10.9. The molecule has 2 aromatic carbocycles. The van der Waals surface area contributed by atoms with Gasteiger partial charge in [0.1, 0.15) is 5.82 Å². The van der Waals surface area contributed by atoms with Crippen LogP contribution in [0.4, 0.5) is 4.39 Å². The second-order valence-corrected chi connectivity index (χ2v) is 7.84. The molecule has 2 aromatic rings. The quantitative estimate of drug-likeness (QED) is 0.445. The molecule has 0 aromatic heterocycles. The molecule has 3 N–H and O–H groups in total. The topological polar surface area (TPSA) is 69.1 Å². The molecule has 7 heteroatoms. The molecular weight excluding hydrogens is 395 g/mol. The monoisotopic (exact) mass is 428 g/mol. The number of benzene rings is 2. The number of halogens is 1. The molecule has 6 nitrogen and oxygen atoms in total. The Kier molecular flexibility index (Phi) is 8.53. The molecule has 1 fully saturated rings. The number of ether oxygens (including phenoxy) is 1. The molecule has 1 aliphatic heterocycles. The molecule has 1 aliphatic rings. The first kappa shape index (κ1) is 22.9. The van der Waals surface area contributed by atoms with Gasteiger partial charge in [-0.05, 0) is 61.6 Å². The van der Waals surface area contributed by atoms with Crippen LogP contribution < -0.4 is 15.4 Å². The van der Waals surface area contributed by atoms with Gasteiger partial charge in [-0.2, -0.15) is 0 Å². The highest BCUT2D eigenvalue weighted by Crippen LogP contribution is 2.26. The van der Waals surface area contributed by atoms with Gasteiger partial charge >= 0.3 is 0 Å². The smallest absolute Gasteiger partial charge is 0.191 e. The maximum atomic E-state index is 13.1. The number of hydrogen-bond acceptors (Lipinski definition) is 4. The van der Waals surface area contributed by atoms with Crippen molar-refractivity contribution in [3.63, 3.8) is 0 Å². The summed E-state index contributed by atoms with van der Waals surface area (Å²) in [5.74, 6) is 1.28. The predicted molar refractivity (Wildman–Crippen MR) is 122 cm³/mol. The second kappa shape index (κ2) is 11.6.